The van der Waals surface area contributed by atoms with Crippen LogP contribution in [0.15, 0.2) is 73.1 Å². The van der Waals surface area contributed by atoms with Crippen LogP contribution in [0.4, 0.5) is 0 Å². The topological polar surface area (TPSA) is 110 Å². The van der Waals surface area contributed by atoms with Crippen LogP contribution in [0.3, 0.4) is 0 Å². The summed E-state index contributed by atoms with van der Waals surface area (Å²) in [6, 6.07) is 18.6. The molecule has 1 saturated heterocycles. The largest absolute Gasteiger partial charge is 0.494 e. The molecule has 1 amide bonds. The number of aromatic nitrogens is 2. The Kier molecular flexibility index (Phi) is 12.0. The van der Waals surface area contributed by atoms with E-state index < -0.39 is 17.9 Å². The first-order valence-corrected chi connectivity index (χ1v) is 18.2. The third-order valence-corrected chi connectivity index (χ3v) is 10.6. The van der Waals surface area contributed by atoms with Gasteiger partial charge in [0.1, 0.15) is 11.8 Å². The first-order chi connectivity index (χ1) is 23.5. The summed E-state index contributed by atoms with van der Waals surface area (Å²) in [6.07, 6.45) is 10.4. The number of hydrogen-bond acceptors (Lipinski definition) is 7. The van der Waals surface area contributed by atoms with Crippen molar-refractivity contribution in [1.29, 1.82) is 0 Å². The SMILES string of the molecule is CCCCCCCOc1ccc(-c2cnc(-c3ccc(C[C@H](CC(=O)c4ccc(C(C)(C)C)s4)C(=O)N4CCC4C(=O)O)cc3)nc2)cc1. The summed E-state index contributed by atoms with van der Waals surface area (Å²) in [5, 5.41) is 9.57. The Hall–Kier alpha value is -4.37. The van der Waals surface area contributed by atoms with Crippen LogP contribution >= 0.6 is 11.3 Å². The smallest absolute Gasteiger partial charge is 0.326 e. The predicted octanol–water partition coefficient (Wildman–Crippen LogP) is 8.64. The van der Waals surface area contributed by atoms with Gasteiger partial charge in [0.25, 0.3) is 0 Å². The third-order valence-electron chi connectivity index (χ3n) is 9.04. The molecule has 0 bridgehead atoms. The quantitative estimate of drug-likeness (QED) is 0.0931. The van der Waals surface area contributed by atoms with Gasteiger partial charge in [0.2, 0.25) is 5.91 Å². The molecule has 2 aromatic heterocycles. The average Bonchev–Trinajstić information content (AvgIpc) is 3.58. The first kappa shape index (κ1) is 35.9. The van der Waals surface area contributed by atoms with Crippen LogP contribution < -0.4 is 4.74 Å². The average molecular weight is 682 g/mol. The van der Waals surface area contributed by atoms with E-state index >= 15 is 0 Å². The van der Waals surface area contributed by atoms with E-state index in [1.807, 2.05) is 73.1 Å². The summed E-state index contributed by atoms with van der Waals surface area (Å²) in [5.74, 6) is -0.626. The Bertz CT molecular complexity index is 1710. The number of ketones is 1. The monoisotopic (exact) mass is 681 g/mol. The van der Waals surface area contributed by atoms with E-state index in [1.165, 1.54) is 41.9 Å². The molecule has 0 radical (unpaired) electrons. The number of ether oxygens (including phenoxy) is 1. The molecule has 2 aromatic carbocycles. The van der Waals surface area contributed by atoms with Crippen LogP contribution in [0.1, 0.15) is 92.8 Å². The van der Waals surface area contributed by atoms with Gasteiger partial charge in [-0.15, -0.1) is 11.3 Å². The van der Waals surface area contributed by atoms with Gasteiger partial charge < -0.3 is 14.7 Å². The van der Waals surface area contributed by atoms with E-state index in [2.05, 4.69) is 37.7 Å². The number of aliphatic carboxylic acids is 1. The second-order valence-corrected chi connectivity index (χ2v) is 15.0. The third kappa shape index (κ3) is 9.41. The first-order valence-electron chi connectivity index (χ1n) is 17.3. The number of likely N-dealkylation sites (tertiary alicyclic amines) is 1. The van der Waals surface area contributed by atoms with Crippen molar-refractivity contribution in [3.63, 3.8) is 0 Å². The summed E-state index contributed by atoms with van der Waals surface area (Å²) in [4.78, 5) is 51.0. The molecule has 0 aliphatic carbocycles. The molecule has 258 valence electrons. The Morgan fingerprint density at radius 3 is 2.16 bits per heavy atom. The Labute approximate surface area is 293 Å². The van der Waals surface area contributed by atoms with Gasteiger partial charge in [-0.25, -0.2) is 14.8 Å². The number of unbranched alkanes of at least 4 members (excludes halogenated alkanes) is 4. The van der Waals surface area contributed by atoms with Crippen molar-refractivity contribution in [3.05, 3.63) is 88.4 Å². The second-order valence-electron chi connectivity index (χ2n) is 13.9. The molecule has 8 nitrogen and oxygen atoms in total. The zero-order chi connectivity index (χ0) is 35.0. The summed E-state index contributed by atoms with van der Waals surface area (Å²) < 4.78 is 5.89. The van der Waals surface area contributed by atoms with Crippen LogP contribution in [-0.4, -0.2) is 56.8 Å². The number of nitrogens with zero attached hydrogens (tertiary/aromatic N) is 3. The molecule has 5 rings (SSSR count). The van der Waals surface area contributed by atoms with Gasteiger partial charge in [0.15, 0.2) is 11.6 Å². The van der Waals surface area contributed by atoms with Crippen LogP contribution in [0.5, 0.6) is 5.75 Å². The predicted molar refractivity (Wildman–Crippen MR) is 194 cm³/mol. The lowest BCUT2D eigenvalue weighted by Gasteiger charge is -2.40. The van der Waals surface area contributed by atoms with Crippen molar-refractivity contribution in [1.82, 2.24) is 14.9 Å². The number of carboxylic acids is 1. The van der Waals surface area contributed by atoms with Crippen molar-refractivity contribution in [2.75, 3.05) is 13.2 Å². The minimum Gasteiger partial charge on any atom is -0.494 e. The number of carbonyl (C=O) groups is 3. The molecule has 9 heteroatoms. The molecule has 2 atom stereocenters. The highest BCUT2D eigenvalue weighted by atomic mass is 32.1. The fourth-order valence-corrected chi connectivity index (χ4v) is 6.96. The number of carbonyl (C=O) groups excluding carboxylic acids is 2. The van der Waals surface area contributed by atoms with E-state index in [4.69, 9.17) is 4.74 Å². The lowest BCUT2D eigenvalue weighted by atomic mass is 9.89. The van der Waals surface area contributed by atoms with Crippen molar-refractivity contribution in [3.8, 4) is 28.3 Å². The van der Waals surface area contributed by atoms with Crippen LogP contribution in [-0.2, 0) is 21.4 Å². The number of thiophene rings is 1. The Morgan fingerprint density at radius 1 is 0.898 bits per heavy atom. The molecule has 0 saturated carbocycles. The minimum atomic E-state index is -1.01. The zero-order valence-electron chi connectivity index (χ0n) is 29.0. The van der Waals surface area contributed by atoms with Crippen molar-refractivity contribution < 1.29 is 24.2 Å². The van der Waals surface area contributed by atoms with Gasteiger partial charge in [-0.3, -0.25) is 9.59 Å². The standard InChI is InChI=1S/C40H47N3O5S/c1-5-6-7-8-9-22-48-32-16-14-28(15-17-32)31-25-41-37(42-26-31)29-12-10-27(11-13-29)23-30(38(45)43-21-20-33(43)39(46)47)24-34(44)35-18-19-36(49-35)40(2,3)4/h10-19,25-26,30,33H,5-9,20-24H2,1-4H3,(H,46,47)/t30-,33?/m1/s1. The molecule has 0 spiro atoms. The van der Waals surface area contributed by atoms with Crippen molar-refractivity contribution >= 4 is 29.0 Å². The lowest BCUT2D eigenvalue weighted by molar-refractivity contribution is -0.159. The highest BCUT2D eigenvalue weighted by molar-refractivity contribution is 7.14. The number of carboxylic acid groups (broad SMARTS) is 1. The fraction of sp³-hybridized carbons (Fsp3) is 0.425. The molecule has 4 aromatic rings. The molecule has 1 unspecified atom stereocenters. The number of benzene rings is 2. The summed E-state index contributed by atoms with van der Waals surface area (Å²) >= 11 is 1.46. The van der Waals surface area contributed by atoms with Crippen molar-refractivity contribution in [2.24, 2.45) is 5.92 Å². The maximum Gasteiger partial charge on any atom is 0.326 e. The molecular weight excluding hydrogens is 635 g/mol. The Balaban J connectivity index is 1.23. The summed E-state index contributed by atoms with van der Waals surface area (Å²) in [7, 11) is 0. The molecule has 1 fully saturated rings. The number of rotatable bonds is 16. The molecular formula is C40H47N3O5S. The van der Waals surface area contributed by atoms with Crippen molar-refractivity contribution in [2.45, 2.75) is 90.5 Å². The number of hydrogen-bond donors (Lipinski definition) is 1. The summed E-state index contributed by atoms with van der Waals surface area (Å²) in [5.41, 5.74) is 3.54. The molecule has 1 N–H and O–H groups in total. The second kappa shape index (κ2) is 16.4. The van der Waals surface area contributed by atoms with Gasteiger partial charge in [-0.05, 0) is 60.1 Å². The maximum absolute atomic E-state index is 13.6. The minimum absolute atomic E-state index is 0.0181. The highest BCUT2D eigenvalue weighted by Crippen LogP contribution is 2.32. The Morgan fingerprint density at radius 2 is 1.57 bits per heavy atom. The van der Waals surface area contributed by atoms with E-state index in [0.29, 0.717) is 30.1 Å². The van der Waals surface area contributed by atoms with E-state index in [0.717, 1.165) is 45.9 Å². The van der Waals surface area contributed by atoms with E-state index in [1.54, 1.807) is 0 Å². The molecule has 49 heavy (non-hydrogen) atoms. The van der Waals surface area contributed by atoms with Crippen LogP contribution in [0, 0.1) is 5.92 Å². The van der Waals surface area contributed by atoms with E-state index in [-0.39, 0.29) is 23.5 Å². The molecule has 1 aliphatic heterocycles. The van der Waals surface area contributed by atoms with E-state index in [9.17, 15) is 19.5 Å². The van der Waals surface area contributed by atoms with Gasteiger partial charge in [0, 0.05) is 47.3 Å². The highest BCUT2D eigenvalue weighted by Gasteiger charge is 2.40. The molecule has 1 aliphatic rings. The summed E-state index contributed by atoms with van der Waals surface area (Å²) in [6.45, 7) is 9.63. The maximum atomic E-state index is 13.6. The normalized spacial score (nSPS) is 15.0. The number of Topliss-reactive ketones (excluding diaryl/α,β-unsaturated/α-hetero) is 1. The zero-order valence-corrected chi connectivity index (χ0v) is 29.8. The number of amides is 1. The van der Waals surface area contributed by atoms with Gasteiger partial charge >= 0.3 is 5.97 Å². The van der Waals surface area contributed by atoms with Gasteiger partial charge in [-0.1, -0.05) is 89.8 Å². The van der Waals surface area contributed by atoms with Gasteiger partial charge in [-0.2, -0.15) is 0 Å². The fourth-order valence-electron chi connectivity index (χ4n) is 5.94. The molecule has 3 heterocycles. The lowest BCUT2D eigenvalue weighted by Crippen LogP contribution is -2.57. The van der Waals surface area contributed by atoms with Crippen LogP contribution in [0.25, 0.3) is 22.5 Å². The van der Waals surface area contributed by atoms with Crippen LogP contribution in [0.2, 0.25) is 0 Å². The van der Waals surface area contributed by atoms with Gasteiger partial charge in [0.05, 0.1) is 11.5 Å².